The van der Waals surface area contributed by atoms with E-state index in [0.29, 0.717) is 22.2 Å². The molecule has 2 heterocycles. The second-order valence-electron chi connectivity index (χ2n) is 5.00. The minimum absolute atomic E-state index is 0.0768. The van der Waals surface area contributed by atoms with Crippen LogP contribution in [0.5, 0.6) is 0 Å². The first-order valence-electron chi connectivity index (χ1n) is 6.24. The van der Waals surface area contributed by atoms with E-state index in [1.165, 1.54) is 18.3 Å². The Morgan fingerprint density at radius 2 is 2.21 bits per heavy atom. The number of nitrogens with two attached hydrogens (primary N) is 1. The Balaban J connectivity index is 2.42. The predicted molar refractivity (Wildman–Crippen MR) is 77.8 cm³/mol. The Hall–Kier alpha value is -1.58. The van der Waals surface area contributed by atoms with E-state index in [0.717, 1.165) is 24.6 Å². The number of ketones is 1. The van der Waals surface area contributed by atoms with E-state index in [4.69, 9.17) is 5.73 Å². The van der Waals surface area contributed by atoms with Crippen LogP contribution in [-0.2, 0) is 0 Å². The molecule has 1 aliphatic heterocycles. The molecule has 2 N–H and O–H groups in total. The van der Waals surface area contributed by atoms with Crippen molar-refractivity contribution in [2.24, 2.45) is 0 Å². The van der Waals surface area contributed by atoms with Crippen LogP contribution in [0, 0.1) is 11.3 Å². The van der Waals surface area contributed by atoms with Crippen molar-refractivity contribution in [3.8, 4) is 6.07 Å². The highest BCUT2D eigenvalue weighted by Crippen LogP contribution is 2.39. The van der Waals surface area contributed by atoms with E-state index in [2.05, 4.69) is 29.8 Å². The van der Waals surface area contributed by atoms with Crippen LogP contribution in [0.25, 0.3) is 0 Å². The molecular weight excluding hydrogens is 260 g/mol. The van der Waals surface area contributed by atoms with Crippen LogP contribution >= 0.6 is 11.3 Å². The van der Waals surface area contributed by atoms with Crippen molar-refractivity contribution in [1.82, 2.24) is 4.90 Å². The monoisotopic (exact) mass is 278 g/mol. The average molecular weight is 278 g/mol. The average Bonchev–Trinajstić information content (AvgIpc) is 2.66. The second kappa shape index (κ2) is 5.19. The molecule has 1 saturated heterocycles. The number of thiophene rings is 1. The maximum atomic E-state index is 11.6. The number of Topliss-reactive ketones (excluding diaryl/α,β-unsaturated/α-hetero) is 1. The fraction of sp³-hybridized carbons (Fsp3) is 0.538. The van der Waals surface area contributed by atoms with Crippen molar-refractivity contribution in [2.75, 3.05) is 37.3 Å². The minimum Gasteiger partial charge on any atom is -0.396 e. The minimum atomic E-state index is -0.0768. The quantitative estimate of drug-likeness (QED) is 0.831. The van der Waals surface area contributed by atoms with Crippen molar-refractivity contribution in [2.45, 2.75) is 19.9 Å². The summed E-state index contributed by atoms with van der Waals surface area (Å²) in [6.07, 6.45) is 0. The van der Waals surface area contributed by atoms with Gasteiger partial charge in [-0.1, -0.05) is 0 Å². The summed E-state index contributed by atoms with van der Waals surface area (Å²) in [5.74, 6) is -0.0768. The first-order valence-corrected chi connectivity index (χ1v) is 7.05. The Morgan fingerprint density at radius 1 is 1.53 bits per heavy atom. The number of piperazine rings is 1. The zero-order valence-corrected chi connectivity index (χ0v) is 12.3. The molecule has 0 aliphatic carbocycles. The van der Waals surface area contributed by atoms with E-state index in [1.807, 2.05) is 0 Å². The lowest BCUT2D eigenvalue weighted by atomic mass is 10.1. The number of nitriles is 1. The van der Waals surface area contributed by atoms with Crippen molar-refractivity contribution >= 4 is 27.8 Å². The second-order valence-corrected chi connectivity index (χ2v) is 6.00. The third-order valence-electron chi connectivity index (χ3n) is 3.45. The molecule has 19 heavy (non-hydrogen) atoms. The molecule has 0 saturated carbocycles. The maximum Gasteiger partial charge on any atom is 0.171 e. The largest absolute Gasteiger partial charge is 0.396 e. The van der Waals surface area contributed by atoms with Crippen LogP contribution in [0.1, 0.15) is 29.1 Å². The summed E-state index contributed by atoms with van der Waals surface area (Å²) in [7, 11) is 2.09. The Kier molecular flexibility index (Phi) is 3.78. The highest BCUT2D eigenvalue weighted by molar-refractivity contribution is 7.19. The SMILES string of the molecule is CC(=O)c1sc(N2CCN(C)CC2C)c(C#N)c1N. The predicted octanol–water partition coefficient (Wildman–Crippen LogP) is 1.54. The summed E-state index contributed by atoms with van der Waals surface area (Å²) < 4.78 is 0. The van der Waals surface area contributed by atoms with Gasteiger partial charge in [0, 0.05) is 32.6 Å². The molecule has 102 valence electrons. The van der Waals surface area contributed by atoms with Gasteiger partial charge in [0.2, 0.25) is 0 Å². The number of carbonyl (C=O) groups excluding carboxylic acids is 1. The summed E-state index contributed by atoms with van der Waals surface area (Å²) in [5.41, 5.74) is 6.71. The highest BCUT2D eigenvalue weighted by Gasteiger charge is 2.28. The van der Waals surface area contributed by atoms with Gasteiger partial charge in [0.1, 0.15) is 16.6 Å². The van der Waals surface area contributed by atoms with Gasteiger partial charge in [-0.05, 0) is 14.0 Å². The maximum absolute atomic E-state index is 11.6. The summed E-state index contributed by atoms with van der Waals surface area (Å²) in [4.78, 5) is 16.5. The number of rotatable bonds is 2. The van der Waals surface area contributed by atoms with Gasteiger partial charge in [0.05, 0.1) is 10.6 Å². The molecule has 1 unspecified atom stereocenters. The van der Waals surface area contributed by atoms with Crippen LogP contribution in [0.3, 0.4) is 0 Å². The molecule has 1 aliphatic rings. The highest BCUT2D eigenvalue weighted by atomic mass is 32.1. The summed E-state index contributed by atoms with van der Waals surface area (Å²) >= 11 is 1.34. The van der Waals surface area contributed by atoms with Crippen LogP contribution < -0.4 is 10.6 Å². The first kappa shape index (κ1) is 13.8. The molecule has 0 spiro atoms. The molecule has 0 bridgehead atoms. The van der Waals surface area contributed by atoms with Gasteiger partial charge in [-0.2, -0.15) is 5.26 Å². The summed E-state index contributed by atoms with van der Waals surface area (Å²) in [6, 6.07) is 2.46. The molecular formula is C13H18N4OS. The topological polar surface area (TPSA) is 73.4 Å². The molecule has 6 heteroatoms. The number of hydrogen-bond donors (Lipinski definition) is 1. The van der Waals surface area contributed by atoms with E-state index in [-0.39, 0.29) is 5.78 Å². The van der Waals surface area contributed by atoms with Crippen molar-refractivity contribution in [3.63, 3.8) is 0 Å². The normalized spacial score (nSPS) is 20.3. The van der Waals surface area contributed by atoms with Gasteiger partial charge < -0.3 is 15.5 Å². The lowest BCUT2D eigenvalue weighted by molar-refractivity contribution is 0.102. The zero-order chi connectivity index (χ0) is 14.2. The molecule has 5 nitrogen and oxygen atoms in total. The van der Waals surface area contributed by atoms with Crippen LogP contribution in [0.15, 0.2) is 0 Å². The van der Waals surface area contributed by atoms with Crippen molar-refractivity contribution < 1.29 is 4.79 Å². The smallest absolute Gasteiger partial charge is 0.171 e. The van der Waals surface area contributed by atoms with Crippen molar-refractivity contribution in [1.29, 1.82) is 5.26 Å². The third kappa shape index (κ3) is 2.44. The van der Waals surface area contributed by atoms with E-state index in [1.54, 1.807) is 0 Å². The number of likely N-dealkylation sites (N-methyl/N-ethyl adjacent to an activating group) is 1. The van der Waals surface area contributed by atoms with Gasteiger partial charge in [-0.3, -0.25) is 4.79 Å². The van der Waals surface area contributed by atoms with E-state index in [9.17, 15) is 10.1 Å². The number of hydrogen-bond acceptors (Lipinski definition) is 6. The fourth-order valence-corrected chi connectivity index (χ4v) is 3.64. The lowest BCUT2D eigenvalue weighted by Gasteiger charge is -2.39. The van der Waals surface area contributed by atoms with Crippen LogP contribution in [0.2, 0.25) is 0 Å². The molecule has 0 aromatic carbocycles. The van der Waals surface area contributed by atoms with Crippen molar-refractivity contribution in [3.05, 3.63) is 10.4 Å². The Morgan fingerprint density at radius 3 is 2.74 bits per heavy atom. The van der Waals surface area contributed by atoms with Gasteiger partial charge in [0.25, 0.3) is 0 Å². The zero-order valence-electron chi connectivity index (χ0n) is 11.4. The molecule has 1 aromatic heterocycles. The third-order valence-corrected chi connectivity index (χ3v) is 4.79. The Bertz CT molecular complexity index is 546. The van der Waals surface area contributed by atoms with Gasteiger partial charge in [-0.15, -0.1) is 11.3 Å². The van der Waals surface area contributed by atoms with Gasteiger partial charge >= 0.3 is 0 Å². The fourth-order valence-electron chi connectivity index (χ4n) is 2.44. The number of carbonyl (C=O) groups is 1. The first-order chi connectivity index (χ1) is 8.95. The summed E-state index contributed by atoms with van der Waals surface area (Å²) in [6.45, 7) is 6.35. The van der Waals surface area contributed by atoms with E-state index < -0.39 is 0 Å². The molecule has 0 radical (unpaired) electrons. The summed E-state index contributed by atoms with van der Waals surface area (Å²) in [5, 5.41) is 10.1. The number of anilines is 2. The Labute approximate surface area is 117 Å². The lowest BCUT2D eigenvalue weighted by Crippen LogP contribution is -2.50. The molecule has 0 amide bonds. The molecule has 1 fully saturated rings. The molecule has 1 aromatic rings. The van der Waals surface area contributed by atoms with Crippen LogP contribution in [0.4, 0.5) is 10.7 Å². The van der Waals surface area contributed by atoms with Crippen LogP contribution in [-0.4, -0.2) is 43.4 Å². The van der Waals surface area contributed by atoms with Gasteiger partial charge in [-0.25, -0.2) is 0 Å². The van der Waals surface area contributed by atoms with E-state index >= 15 is 0 Å². The van der Waals surface area contributed by atoms with Gasteiger partial charge in [0.15, 0.2) is 5.78 Å². The molecule has 2 rings (SSSR count). The number of nitrogen functional groups attached to an aromatic ring is 1. The standard InChI is InChI=1S/C13H18N4OS/c1-8-7-16(3)4-5-17(8)13-10(6-14)11(15)12(19-13)9(2)18/h8H,4-5,7,15H2,1-3H3. The molecule has 1 atom stereocenters. The number of nitrogens with zero attached hydrogens (tertiary/aromatic N) is 3.